The summed E-state index contributed by atoms with van der Waals surface area (Å²) >= 11 is 0. The topological polar surface area (TPSA) is 97.7 Å². The van der Waals surface area contributed by atoms with Crippen LogP contribution < -0.4 is 10.6 Å². The first-order valence-electron chi connectivity index (χ1n) is 26.4. The summed E-state index contributed by atoms with van der Waals surface area (Å²) < 4.78 is 13.8. The molecule has 0 aliphatic carbocycles. The van der Waals surface area contributed by atoms with E-state index in [4.69, 9.17) is 9.47 Å². The van der Waals surface area contributed by atoms with Gasteiger partial charge in [0, 0.05) is 33.5 Å². The Hall–Kier alpha value is -2.29. The predicted molar refractivity (Wildman–Crippen MR) is 262 cm³/mol. The number of anilines is 2. The Bertz CT molecular complexity index is 1110. The fraction of sp³-hybridized carbons (Fsp3) is 0.904. The highest BCUT2D eigenvalue weighted by Gasteiger charge is 2.15. The molecule has 0 bridgehead atoms. The van der Waals surface area contributed by atoms with Gasteiger partial charge in [0.2, 0.25) is 0 Å². The Kier molecular flexibility index (Phi) is 38.8. The van der Waals surface area contributed by atoms with Gasteiger partial charge in [-0.05, 0) is 96.7 Å². The zero-order valence-electron chi connectivity index (χ0n) is 41.3. The third-order valence-electron chi connectivity index (χ3n) is 12.5. The van der Waals surface area contributed by atoms with Crippen molar-refractivity contribution in [3.63, 3.8) is 0 Å². The molecule has 0 saturated heterocycles. The molecule has 1 aromatic rings. The van der Waals surface area contributed by atoms with Crippen LogP contribution >= 0.6 is 0 Å². The number of hydrogen-bond donors (Lipinski definition) is 2. The number of unbranched alkanes of at least 4 members (excludes halogenated alkanes) is 23. The lowest BCUT2D eigenvalue weighted by Gasteiger charge is -2.22. The molecule has 0 aliphatic heterocycles. The van der Waals surface area contributed by atoms with E-state index < -0.39 is 0 Å². The molecule has 9 heteroatoms. The van der Waals surface area contributed by atoms with Crippen LogP contribution in [0.3, 0.4) is 0 Å². The van der Waals surface area contributed by atoms with Gasteiger partial charge >= 0.3 is 11.9 Å². The molecule has 0 aliphatic rings. The van der Waals surface area contributed by atoms with E-state index in [0.29, 0.717) is 12.8 Å². The second-order valence-corrected chi connectivity index (χ2v) is 18.2. The summed E-state index contributed by atoms with van der Waals surface area (Å²) in [6.07, 6.45) is 42.6. The number of ether oxygens (including phenoxy) is 2. The first-order chi connectivity index (χ1) is 29.9. The highest BCUT2D eigenvalue weighted by atomic mass is 16.5. The summed E-state index contributed by atoms with van der Waals surface area (Å²) in [5, 5.41) is 11.2. The van der Waals surface area contributed by atoms with Crippen LogP contribution in [0.25, 0.3) is 0 Å². The molecule has 1 unspecified atom stereocenters. The van der Waals surface area contributed by atoms with Crippen molar-refractivity contribution in [2.75, 3.05) is 43.9 Å². The van der Waals surface area contributed by atoms with Crippen molar-refractivity contribution in [3.8, 4) is 0 Å². The van der Waals surface area contributed by atoms with Crippen LogP contribution in [-0.4, -0.2) is 72.1 Å². The summed E-state index contributed by atoms with van der Waals surface area (Å²) in [6, 6.07) is 0. The number of carbonyl (C=O) groups is 2. The lowest BCUT2D eigenvalue weighted by molar-refractivity contribution is -0.150. The molecule has 1 atom stereocenters. The molecule has 0 fully saturated rings. The van der Waals surface area contributed by atoms with Gasteiger partial charge in [-0.15, -0.1) is 0 Å². The van der Waals surface area contributed by atoms with E-state index in [9.17, 15) is 9.59 Å². The number of aromatic nitrogens is 2. The minimum atomic E-state index is -0.00285. The quantitative estimate of drug-likeness (QED) is 0.0494. The van der Waals surface area contributed by atoms with Crippen molar-refractivity contribution < 1.29 is 19.1 Å². The van der Waals surface area contributed by atoms with Gasteiger partial charge in [0.25, 0.3) is 0 Å². The Morgan fingerprint density at radius 2 is 0.951 bits per heavy atom. The summed E-state index contributed by atoms with van der Waals surface area (Å²) in [6.45, 7) is 13.2. The van der Waals surface area contributed by atoms with E-state index in [1.807, 2.05) is 25.0 Å². The second kappa shape index (κ2) is 41.7. The van der Waals surface area contributed by atoms with Crippen LogP contribution in [0.15, 0.2) is 6.20 Å². The molecule has 0 spiro atoms. The molecule has 1 aromatic heterocycles. The van der Waals surface area contributed by atoms with Gasteiger partial charge < -0.3 is 25.0 Å². The fourth-order valence-electron chi connectivity index (χ4n) is 8.55. The Labute approximate surface area is 377 Å². The molecular formula is C52H101N5O4. The number of rotatable bonds is 46. The molecule has 0 amide bonds. The lowest BCUT2D eigenvalue weighted by atomic mass is 10.0. The molecule has 358 valence electrons. The van der Waals surface area contributed by atoms with E-state index in [1.54, 1.807) is 0 Å². The number of nitrogens with zero attached hydrogens (tertiary/aromatic N) is 3. The van der Waals surface area contributed by atoms with Crippen LogP contribution in [-0.2, 0) is 26.1 Å². The molecule has 9 nitrogen and oxygen atoms in total. The first-order valence-corrected chi connectivity index (χ1v) is 26.4. The zero-order chi connectivity index (χ0) is 44.4. The van der Waals surface area contributed by atoms with Gasteiger partial charge in [0.15, 0.2) is 0 Å². The normalized spacial score (nSPS) is 12.1. The number of esters is 2. The maximum absolute atomic E-state index is 12.9. The van der Waals surface area contributed by atoms with Gasteiger partial charge in [-0.25, -0.2) is 0 Å². The van der Waals surface area contributed by atoms with Crippen LogP contribution in [0.2, 0.25) is 0 Å². The summed E-state index contributed by atoms with van der Waals surface area (Å²) in [5.41, 5.74) is 1.05. The third kappa shape index (κ3) is 33.0. The molecule has 0 radical (unpaired) electrons. The second-order valence-electron chi connectivity index (χ2n) is 18.2. The van der Waals surface area contributed by atoms with Gasteiger partial charge in [-0.3, -0.25) is 14.3 Å². The highest BCUT2D eigenvalue weighted by molar-refractivity contribution is 5.69. The fourth-order valence-corrected chi connectivity index (χ4v) is 8.55. The minimum absolute atomic E-state index is 0.00285. The van der Waals surface area contributed by atoms with E-state index in [0.717, 1.165) is 95.5 Å². The maximum atomic E-state index is 12.9. The van der Waals surface area contributed by atoms with Crippen LogP contribution in [0.1, 0.15) is 252 Å². The average Bonchev–Trinajstić information content (AvgIpc) is 3.62. The predicted octanol–water partition coefficient (Wildman–Crippen LogP) is 14.7. The van der Waals surface area contributed by atoms with Gasteiger partial charge in [-0.1, -0.05) is 163 Å². The molecule has 1 rings (SSSR count). The molecule has 0 saturated carbocycles. The standard InChI is InChI=1S/C52H101N5O4/c1-7-11-14-17-22-29-37-47(10-4)60-50(58)40-32-25-20-27-34-43-57(45-36-42-54-49-46-55-56(6)52(49)53-5)44-35-28-21-26-33-41-51(59)61-48(38-30-23-18-15-12-8-2)39-31-24-19-16-13-9-3/h46-48,53-54H,7-45H2,1-6H3. The van der Waals surface area contributed by atoms with E-state index >= 15 is 0 Å². The monoisotopic (exact) mass is 860 g/mol. The first kappa shape index (κ1) is 56.7. The van der Waals surface area contributed by atoms with Crippen LogP contribution in [0, 0.1) is 0 Å². The minimum Gasteiger partial charge on any atom is -0.462 e. The molecule has 2 N–H and O–H groups in total. The maximum Gasteiger partial charge on any atom is 0.306 e. The number of hydrogen-bond acceptors (Lipinski definition) is 8. The van der Waals surface area contributed by atoms with E-state index in [-0.39, 0.29) is 24.1 Å². The molecule has 0 aromatic carbocycles. The average molecular weight is 860 g/mol. The lowest BCUT2D eigenvalue weighted by Crippen LogP contribution is -2.28. The Morgan fingerprint density at radius 1 is 0.557 bits per heavy atom. The summed E-state index contributed by atoms with van der Waals surface area (Å²) in [5.74, 6) is 1.04. The van der Waals surface area contributed by atoms with Gasteiger partial charge in [-0.2, -0.15) is 5.10 Å². The number of nitrogens with one attached hydrogen (secondary N) is 2. The van der Waals surface area contributed by atoms with Crippen LogP contribution in [0.4, 0.5) is 11.5 Å². The van der Waals surface area contributed by atoms with Crippen molar-refractivity contribution in [2.24, 2.45) is 7.05 Å². The Morgan fingerprint density at radius 3 is 1.41 bits per heavy atom. The largest absolute Gasteiger partial charge is 0.462 e. The van der Waals surface area contributed by atoms with Crippen molar-refractivity contribution in [2.45, 2.75) is 265 Å². The Balaban J connectivity index is 2.41. The van der Waals surface area contributed by atoms with Crippen LogP contribution in [0.5, 0.6) is 0 Å². The van der Waals surface area contributed by atoms with Gasteiger partial charge in [0.1, 0.15) is 18.0 Å². The molecule has 1 heterocycles. The van der Waals surface area contributed by atoms with E-state index in [1.165, 1.54) is 154 Å². The zero-order valence-corrected chi connectivity index (χ0v) is 41.3. The van der Waals surface area contributed by atoms with Crippen molar-refractivity contribution in [1.29, 1.82) is 0 Å². The summed E-state index contributed by atoms with van der Waals surface area (Å²) in [7, 11) is 3.90. The smallest absolute Gasteiger partial charge is 0.306 e. The molecular weight excluding hydrogens is 759 g/mol. The third-order valence-corrected chi connectivity index (χ3v) is 12.5. The highest BCUT2D eigenvalue weighted by Crippen LogP contribution is 2.21. The SMILES string of the molecule is CCCCCCCCC(CC)OC(=O)CCCCCCCN(CCCCCCCC(=O)OC(CCCCCCCC)CCCCCCCC)CCCNc1cnn(C)c1NC. The van der Waals surface area contributed by atoms with E-state index in [2.05, 4.69) is 48.3 Å². The summed E-state index contributed by atoms with van der Waals surface area (Å²) in [4.78, 5) is 28.1. The van der Waals surface area contributed by atoms with Crippen molar-refractivity contribution >= 4 is 23.4 Å². The van der Waals surface area contributed by atoms with Crippen molar-refractivity contribution in [1.82, 2.24) is 14.7 Å². The molecule has 61 heavy (non-hydrogen) atoms. The van der Waals surface area contributed by atoms with Crippen molar-refractivity contribution in [3.05, 3.63) is 6.20 Å². The number of carbonyl (C=O) groups excluding carboxylic acids is 2. The number of aryl methyl sites for hydroxylation is 1. The van der Waals surface area contributed by atoms with Gasteiger partial charge in [0.05, 0.1) is 11.9 Å².